The molecule has 1 fully saturated rings. The van der Waals surface area contributed by atoms with E-state index in [9.17, 15) is 14.9 Å². The van der Waals surface area contributed by atoms with Crippen molar-refractivity contribution in [1.29, 1.82) is 0 Å². The number of nitrogens with zero attached hydrogens (tertiary/aromatic N) is 3. The molecule has 0 aliphatic carbocycles. The van der Waals surface area contributed by atoms with Gasteiger partial charge in [0.2, 0.25) is 5.69 Å². The number of aromatic nitrogens is 2. The first kappa shape index (κ1) is 21.3. The summed E-state index contributed by atoms with van der Waals surface area (Å²) in [6, 6.07) is 0. The Kier molecular flexibility index (Phi) is 8.81. The number of aryl methyl sites for hydroxylation is 1. The van der Waals surface area contributed by atoms with E-state index in [4.69, 9.17) is 10.5 Å². The average Bonchev–Trinajstić information content (AvgIpc) is 2.99. The number of piperidine rings is 1. The highest BCUT2D eigenvalue weighted by atomic mass is 35.5. The van der Waals surface area contributed by atoms with E-state index in [2.05, 4.69) is 10.2 Å². The van der Waals surface area contributed by atoms with Gasteiger partial charge in [-0.15, -0.1) is 12.4 Å². The molecule has 2 rings (SSSR count). The Morgan fingerprint density at radius 2 is 2.16 bits per heavy atom. The van der Waals surface area contributed by atoms with E-state index in [0.717, 1.165) is 25.7 Å². The second-order valence-electron chi connectivity index (χ2n) is 5.91. The Bertz CT molecular complexity index is 572. The van der Waals surface area contributed by atoms with Crippen molar-refractivity contribution in [3.05, 3.63) is 21.5 Å². The van der Waals surface area contributed by atoms with Crippen LogP contribution in [-0.4, -0.2) is 58.3 Å². The quantitative estimate of drug-likeness (QED) is 0.404. The third-order valence-corrected chi connectivity index (χ3v) is 4.13. The van der Waals surface area contributed by atoms with Gasteiger partial charge in [0.05, 0.1) is 11.0 Å². The summed E-state index contributed by atoms with van der Waals surface area (Å²) in [5.74, 6) is -0.388. The van der Waals surface area contributed by atoms with Crippen molar-refractivity contribution in [2.75, 3.05) is 26.2 Å². The monoisotopic (exact) mass is 375 g/mol. The molecule has 1 saturated heterocycles. The molecule has 0 saturated carbocycles. The molecular weight excluding hydrogens is 350 g/mol. The molecule has 3 N–H and O–H groups in total. The molecule has 1 aliphatic rings. The van der Waals surface area contributed by atoms with Crippen LogP contribution in [-0.2, 0) is 11.2 Å². The van der Waals surface area contributed by atoms with Gasteiger partial charge in [-0.25, -0.2) is 0 Å². The Labute approximate surface area is 152 Å². The Balaban J connectivity index is 0.00000312. The molecule has 0 radical (unpaired) electrons. The number of likely N-dealkylation sites (tertiary alicyclic amines) is 1. The van der Waals surface area contributed by atoms with Gasteiger partial charge < -0.3 is 15.4 Å². The molecule has 9 nitrogen and oxygen atoms in total. The first-order valence-electron chi connectivity index (χ1n) is 8.41. The maximum Gasteiger partial charge on any atom is 0.322 e. The highest BCUT2D eigenvalue weighted by Crippen LogP contribution is 2.25. The van der Waals surface area contributed by atoms with Crippen LogP contribution < -0.4 is 5.73 Å². The first-order valence-corrected chi connectivity index (χ1v) is 8.41. The van der Waals surface area contributed by atoms with Crippen LogP contribution in [0, 0.1) is 10.1 Å². The van der Waals surface area contributed by atoms with Crippen LogP contribution in [0.5, 0.6) is 0 Å². The minimum Gasteiger partial charge on any atom is -0.378 e. The number of nitro groups is 1. The predicted molar refractivity (Wildman–Crippen MR) is 95.0 cm³/mol. The molecule has 1 aliphatic heterocycles. The molecule has 0 unspecified atom stereocenters. The van der Waals surface area contributed by atoms with Gasteiger partial charge in [-0.1, -0.05) is 13.3 Å². The molecular formula is C15H26ClN5O4. The smallest absolute Gasteiger partial charge is 0.322 e. The van der Waals surface area contributed by atoms with Crippen LogP contribution in [0.4, 0.5) is 5.69 Å². The summed E-state index contributed by atoms with van der Waals surface area (Å²) >= 11 is 0. The lowest BCUT2D eigenvalue weighted by Gasteiger charge is -2.31. The lowest BCUT2D eigenvalue weighted by atomic mass is 10.1. The molecule has 1 amide bonds. The minimum absolute atomic E-state index is 0. The van der Waals surface area contributed by atoms with Crippen LogP contribution in [0.2, 0.25) is 0 Å². The van der Waals surface area contributed by atoms with Crippen molar-refractivity contribution < 1.29 is 14.5 Å². The predicted octanol–water partition coefficient (Wildman–Crippen LogP) is 1.66. The second kappa shape index (κ2) is 10.3. The number of hydrogen-bond acceptors (Lipinski definition) is 6. The van der Waals surface area contributed by atoms with Crippen LogP contribution in [0.25, 0.3) is 0 Å². The van der Waals surface area contributed by atoms with E-state index in [1.165, 1.54) is 0 Å². The summed E-state index contributed by atoms with van der Waals surface area (Å²) in [6.07, 6.45) is 3.60. The molecule has 2 heterocycles. The third kappa shape index (κ3) is 5.38. The first-order chi connectivity index (χ1) is 11.6. The van der Waals surface area contributed by atoms with Gasteiger partial charge in [-0.05, 0) is 32.2 Å². The fourth-order valence-corrected chi connectivity index (χ4v) is 2.85. The maximum absolute atomic E-state index is 12.6. The number of carbonyl (C=O) groups excluding carboxylic acids is 1. The number of nitrogens with one attached hydrogen (secondary N) is 1. The van der Waals surface area contributed by atoms with Gasteiger partial charge in [0.25, 0.3) is 5.91 Å². The average molecular weight is 376 g/mol. The van der Waals surface area contributed by atoms with E-state index < -0.39 is 4.92 Å². The second-order valence-corrected chi connectivity index (χ2v) is 5.91. The summed E-state index contributed by atoms with van der Waals surface area (Å²) in [4.78, 5) is 25.0. The van der Waals surface area contributed by atoms with Crippen molar-refractivity contribution in [3.8, 4) is 0 Å². The van der Waals surface area contributed by atoms with E-state index in [1.807, 2.05) is 6.92 Å². The molecule has 1 aromatic heterocycles. The van der Waals surface area contributed by atoms with Crippen molar-refractivity contribution in [3.63, 3.8) is 0 Å². The highest BCUT2D eigenvalue weighted by Gasteiger charge is 2.33. The molecule has 142 valence electrons. The summed E-state index contributed by atoms with van der Waals surface area (Å²) < 4.78 is 5.71. The van der Waals surface area contributed by atoms with Crippen LogP contribution >= 0.6 is 12.4 Å². The van der Waals surface area contributed by atoms with Crippen molar-refractivity contribution in [2.45, 2.75) is 45.1 Å². The molecule has 10 heteroatoms. The van der Waals surface area contributed by atoms with E-state index in [0.29, 0.717) is 38.4 Å². The number of halogens is 1. The number of aromatic amines is 1. The zero-order valence-corrected chi connectivity index (χ0v) is 15.2. The number of hydrogen-bond donors (Lipinski definition) is 2. The van der Waals surface area contributed by atoms with Crippen molar-refractivity contribution in [2.24, 2.45) is 5.73 Å². The number of nitrogens with two attached hydrogens (primary N) is 1. The number of carbonyl (C=O) groups is 1. The highest BCUT2D eigenvalue weighted by molar-refractivity contribution is 5.96. The van der Waals surface area contributed by atoms with Gasteiger partial charge in [-0.2, -0.15) is 5.10 Å². The summed E-state index contributed by atoms with van der Waals surface area (Å²) in [7, 11) is 0. The van der Waals surface area contributed by atoms with E-state index >= 15 is 0 Å². The third-order valence-electron chi connectivity index (χ3n) is 4.13. The van der Waals surface area contributed by atoms with Gasteiger partial charge in [-0.3, -0.25) is 20.0 Å². The van der Waals surface area contributed by atoms with Gasteiger partial charge in [0, 0.05) is 19.7 Å². The molecule has 0 spiro atoms. The number of H-pyrrole nitrogens is 1. The van der Waals surface area contributed by atoms with Crippen LogP contribution in [0.15, 0.2) is 0 Å². The summed E-state index contributed by atoms with van der Waals surface area (Å²) in [5, 5.41) is 17.9. The van der Waals surface area contributed by atoms with E-state index in [1.54, 1.807) is 4.90 Å². The normalized spacial score (nSPS) is 15.0. The maximum atomic E-state index is 12.6. The Hall–Kier alpha value is -1.71. The molecule has 0 atom stereocenters. The van der Waals surface area contributed by atoms with Crippen molar-refractivity contribution >= 4 is 24.0 Å². The van der Waals surface area contributed by atoms with Crippen molar-refractivity contribution in [1.82, 2.24) is 15.1 Å². The Morgan fingerprint density at radius 3 is 2.72 bits per heavy atom. The van der Waals surface area contributed by atoms with Crippen LogP contribution in [0.1, 0.15) is 48.8 Å². The molecule has 1 aromatic rings. The lowest BCUT2D eigenvalue weighted by molar-refractivity contribution is -0.385. The topological polar surface area (TPSA) is 127 Å². The molecule has 0 bridgehead atoms. The van der Waals surface area contributed by atoms with Crippen LogP contribution in [0.3, 0.4) is 0 Å². The van der Waals surface area contributed by atoms with Gasteiger partial charge in [0.15, 0.2) is 0 Å². The Morgan fingerprint density at radius 1 is 1.48 bits per heavy atom. The standard InChI is InChI=1S/C15H25N5O4.ClH/c1-2-4-12-14(20(22)23)13(18-17-12)15(21)19-8-5-11(6-9-19)24-10-3-7-16;/h11H,2-10,16H2,1H3,(H,17,18);1H. The minimum atomic E-state index is -0.523. The van der Waals surface area contributed by atoms with Gasteiger partial charge in [0.1, 0.15) is 5.69 Å². The zero-order valence-electron chi connectivity index (χ0n) is 14.4. The molecule has 25 heavy (non-hydrogen) atoms. The fourth-order valence-electron chi connectivity index (χ4n) is 2.85. The summed E-state index contributed by atoms with van der Waals surface area (Å²) in [6.45, 7) is 4.17. The number of amides is 1. The SMILES string of the molecule is CCCc1[nH]nc(C(=O)N2CCC(OCCCN)CC2)c1[N+](=O)[O-].Cl. The van der Waals surface area contributed by atoms with E-state index in [-0.39, 0.29) is 35.8 Å². The number of rotatable bonds is 8. The molecule has 0 aromatic carbocycles. The lowest BCUT2D eigenvalue weighted by Crippen LogP contribution is -2.41. The fraction of sp³-hybridized carbons (Fsp3) is 0.733. The largest absolute Gasteiger partial charge is 0.378 e. The van der Waals surface area contributed by atoms with Gasteiger partial charge >= 0.3 is 5.69 Å². The summed E-state index contributed by atoms with van der Waals surface area (Å²) in [5.41, 5.74) is 5.56. The number of ether oxygens (including phenoxy) is 1. The zero-order chi connectivity index (χ0) is 17.5.